The van der Waals surface area contributed by atoms with Gasteiger partial charge in [0.1, 0.15) is 10.7 Å². The summed E-state index contributed by atoms with van der Waals surface area (Å²) in [5.74, 6) is 0.391. The molecule has 1 aliphatic rings. The number of aromatic nitrogens is 1. The van der Waals surface area contributed by atoms with Crippen LogP contribution >= 0.6 is 0 Å². The van der Waals surface area contributed by atoms with Crippen molar-refractivity contribution in [3.05, 3.63) is 60.3 Å². The predicted octanol–water partition coefficient (Wildman–Crippen LogP) is 2.47. The summed E-state index contributed by atoms with van der Waals surface area (Å²) in [6.07, 6.45) is 7.08. The minimum atomic E-state index is -3.29. The molecule has 120 valence electrons. The van der Waals surface area contributed by atoms with Crippen LogP contribution < -0.4 is 10.2 Å². The molecule has 0 saturated carbocycles. The van der Waals surface area contributed by atoms with Gasteiger partial charge in [-0.15, -0.1) is 0 Å². The minimum Gasteiger partial charge on any atom is -0.365 e. The molecule has 0 aliphatic carbocycles. The number of sulfone groups is 1. The van der Waals surface area contributed by atoms with Crippen molar-refractivity contribution in [3.63, 3.8) is 0 Å². The highest BCUT2D eigenvalue weighted by molar-refractivity contribution is 7.90. The van der Waals surface area contributed by atoms with Crippen LogP contribution in [-0.4, -0.2) is 32.7 Å². The molecule has 0 unspecified atom stereocenters. The maximum Gasteiger partial charge on any atom is 0.179 e. The van der Waals surface area contributed by atoms with Gasteiger partial charge in [0.05, 0.1) is 0 Å². The zero-order valence-corrected chi connectivity index (χ0v) is 13.8. The van der Waals surface area contributed by atoms with Crippen molar-refractivity contribution < 1.29 is 8.42 Å². The molecular weight excluding hydrogens is 310 g/mol. The van der Waals surface area contributed by atoms with Crippen LogP contribution in [-0.2, 0) is 16.4 Å². The molecule has 3 rings (SSSR count). The maximum absolute atomic E-state index is 11.8. The molecule has 0 amide bonds. The lowest BCUT2D eigenvalue weighted by Gasteiger charge is -2.18. The monoisotopic (exact) mass is 329 g/mol. The van der Waals surface area contributed by atoms with Crippen LogP contribution in [0.1, 0.15) is 5.56 Å². The summed E-state index contributed by atoms with van der Waals surface area (Å²) in [5.41, 5.74) is 2.26. The highest BCUT2D eigenvalue weighted by atomic mass is 32.2. The molecule has 6 heteroatoms. The number of hydrogen-bond acceptors (Lipinski definition) is 5. The van der Waals surface area contributed by atoms with Gasteiger partial charge in [0.25, 0.3) is 0 Å². The predicted molar refractivity (Wildman–Crippen MR) is 92.5 cm³/mol. The molecule has 1 aliphatic heterocycles. The fourth-order valence-corrected chi connectivity index (χ4v) is 3.32. The molecule has 0 radical (unpaired) electrons. The number of nitrogens with zero attached hydrogens (tertiary/aromatic N) is 2. The van der Waals surface area contributed by atoms with E-state index in [1.165, 1.54) is 11.9 Å². The van der Waals surface area contributed by atoms with Crippen molar-refractivity contribution in [3.8, 4) is 0 Å². The summed E-state index contributed by atoms with van der Waals surface area (Å²) in [6.45, 7) is 2.42. The van der Waals surface area contributed by atoms with Crippen LogP contribution in [0.2, 0.25) is 0 Å². The van der Waals surface area contributed by atoms with Gasteiger partial charge in [-0.05, 0) is 29.8 Å². The van der Waals surface area contributed by atoms with E-state index < -0.39 is 9.84 Å². The van der Waals surface area contributed by atoms with Crippen molar-refractivity contribution >= 4 is 21.3 Å². The Balaban J connectivity index is 1.69. The Morgan fingerprint density at radius 3 is 2.48 bits per heavy atom. The first-order valence-corrected chi connectivity index (χ1v) is 9.31. The Morgan fingerprint density at radius 1 is 1.13 bits per heavy atom. The van der Waals surface area contributed by atoms with Gasteiger partial charge in [0, 0.05) is 37.8 Å². The van der Waals surface area contributed by atoms with E-state index in [0.29, 0.717) is 12.4 Å². The van der Waals surface area contributed by atoms with Gasteiger partial charge in [-0.3, -0.25) is 0 Å². The van der Waals surface area contributed by atoms with Crippen LogP contribution in [0, 0.1) is 0 Å². The van der Waals surface area contributed by atoms with Crippen molar-refractivity contribution in [1.82, 2.24) is 4.98 Å². The first-order valence-electron chi connectivity index (χ1n) is 7.42. The Hall–Kier alpha value is -2.34. The van der Waals surface area contributed by atoms with E-state index >= 15 is 0 Å². The third-order valence-electron chi connectivity index (χ3n) is 3.75. The van der Waals surface area contributed by atoms with Crippen LogP contribution in [0.15, 0.2) is 59.6 Å². The molecule has 0 atom stereocenters. The van der Waals surface area contributed by atoms with Crippen molar-refractivity contribution in [2.24, 2.45) is 0 Å². The number of pyridine rings is 1. The molecule has 5 nitrogen and oxygen atoms in total. The molecule has 0 spiro atoms. The number of rotatable bonds is 5. The summed E-state index contributed by atoms with van der Waals surface area (Å²) in [5, 5.41) is 3.11. The zero-order valence-electron chi connectivity index (χ0n) is 12.9. The summed E-state index contributed by atoms with van der Waals surface area (Å²) in [7, 11) is -3.29. The molecule has 0 saturated heterocycles. The number of nitrogens with one attached hydrogen (secondary N) is 1. The van der Waals surface area contributed by atoms with Gasteiger partial charge in [0.15, 0.2) is 9.84 Å². The Labute approximate surface area is 136 Å². The Morgan fingerprint density at radius 2 is 1.83 bits per heavy atom. The summed E-state index contributed by atoms with van der Waals surface area (Å²) in [6, 6.07) is 11.4. The zero-order chi connectivity index (χ0) is 16.3. The van der Waals surface area contributed by atoms with Crippen molar-refractivity contribution in [2.75, 3.05) is 29.6 Å². The lowest BCUT2D eigenvalue weighted by molar-refractivity contribution is 0.601. The second-order valence-corrected chi connectivity index (χ2v) is 7.50. The maximum atomic E-state index is 11.8. The topological polar surface area (TPSA) is 62.3 Å². The smallest absolute Gasteiger partial charge is 0.179 e. The molecule has 2 heterocycles. The number of hydrogen-bond donors (Lipinski definition) is 1. The standard InChI is InChI=1S/C17H19N3O2S/c1-23(21,22)16-5-4-10-18-17(16)19-13-14-6-8-15(9-7-14)20-11-2-3-12-20/h2-10H,11-13H2,1H3,(H,18,19). The van der Waals surface area contributed by atoms with Gasteiger partial charge < -0.3 is 10.2 Å². The van der Waals surface area contributed by atoms with E-state index in [-0.39, 0.29) is 4.90 Å². The molecule has 0 bridgehead atoms. The second-order valence-electron chi connectivity index (χ2n) is 5.52. The molecule has 1 aromatic carbocycles. The molecule has 2 aromatic rings. The number of anilines is 2. The van der Waals surface area contributed by atoms with E-state index in [9.17, 15) is 8.42 Å². The Bertz CT molecular complexity index is 806. The second kappa shape index (κ2) is 6.42. The van der Waals surface area contributed by atoms with E-state index in [0.717, 1.165) is 18.7 Å². The average Bonchev–Trinajstić information content (AvgIpc) is 3.07. The van der Waals surface area contributed by atoms with Crippen LogP contribution in [0.4, 0.5) is 11.5 Å². The molecular formula is C17H19N3O2S. The van der Waals surface area contributed by atoms with Crippen LogP contribution in [0.25, 0.3) is 0 Å². The minimum absolute atomic E-state index is 0.222. The van der Waals surface area contributed by atoms with Gasteiger partial charge >= 0.3 is 0 Å². The van der Waals surface area contributed by atoms with Gasteiger partial charge in [-0.1, -0.05) is 24.3 Å². The first-order chi connectivity index (χ1) is 11.0. The number of benzene rings is 1. The third-order valence-corrected chi connectivity index (χ3v) is 4.88. The van der Waals surface area contributed by atoms with E-state index in [1.54, 1.807) is 18.3 Å². The Kier molecular flexibility index (Phi) is 4.34. The molecule has 1 N–H and O–H groups in total. The average molecular weight is 329 g/mol. The largest absolute Gasteiger partial charge is 0.365 e. The summed E-state index contributed by atoms with van der Waals surface area (Å²) in [4.78, 5) is 6.63. The lowest BCUT2D eigenvalue weighted by Crippen LogP contribution is -2.18. The SMILES string of the molecule is CS(=O)(=O)c1cccnc1NCc1ccc(N2CC=CC2)cc1. The third kappa shape index (κ3) is 3.71. The highest BCUT2D eigenvalue weighted by Crippen LogP contribution is 2.20. The van der Waals surface area contributed by atoms with Crippen molar-refractivity contribution in [2.45, 2.75) is 11.4 Å². The van der Waals surface area contributed by atoms with E-state index in [2.05, 4.69) is 39.5 Å². The highest BCUT2D eigenvalue weighted by Gasteiger charge is 2.13. The van der Waals surface area contributed by atoms with Gasteiger partial charge in [-0.2, -0.15) is 0 Å². The van der Waals surface area contributed by atoms with Gasteiger partial charge in [-0.25, -0.2) is 13.4 Å². The fraction of sp³-hybridized carbons (Fsp3) is 0.235. The quantitative estimate of drug-likeness (QED) is 0.854. The van der Waals surface area contributed by atoms with E-state index in [4.69, 9.17) is 0 Å². The van der Waals surface area contributed by atoms with Crippen molar-refractivity contribution in [1.29, 1.82) is 0 Å². The summed E-state index contributed by atoms with van der Waals surface area (Å²) < 4.78 is 23.5. The molecule has 1 aromatic heterocycles. The normalized spacial score (nSPS) is 14.2. The van der Waals surface area contributed by atoms with Gasteiger partial charge in [0.2, 0.25) is 0 Å². The first kappa shape index (κ1) is 15.6. The molecule has 0 fully saturated rings. The fourth-order valence-electron chi connectivity index (χ4n) is 2.52. The van der Waals surface area contributed by atoms with Crippen LogP contribution in [0.5, 0.6) is 0 Å². The lowest BCUT2D eigenvalue weighted by atomic mass is 10.2. The summed E-state index contributed by atoms with van der Waals surface area (Å²) >= 11 is 0. The van der Waals surface area contributed by atoms with Crippen LogP contribution in [0.3, 0.4) is 0 Å². The van der Waals surface area contributed by atoms with E-state index in [1.807, 2.05) is 12.1 Å². The molecule has 23 heavy (non-hydrogen) atoms.